The van der Waals surface area contributed by atoms with Crippen LogP contribution in [0.15, 0.2) is 22.7 Å². The SMILES string of the molecule is CC1CCCC1n1c(N)nc2ccc(Br)cc21. The number of halogens is 1. The van der Waals surface area contributed by atoms with E-state index in [-0.39, 0.29) is 0 Å². The molecule has 1 aliphatic rings. The van der Waals surface area contributed by atoms with Crippen molar-refractivity contribution in [3.8, 4) is 0 Å². The lowest BCUT2D eigenvalue weighted by Gasteiger charge is -2.19. The first-order valence-electron chi connectivity index (χ1n) is 6.10. The van der Waals surface area contributed by atoms with Gasteiger partial charge < -0.3 is 10.3 Å². The van der Waals surface area contributed by atoms with Crippen LogP contribution in [0.2, 0.25) is 0 Å². The van der Waals surface area contributed by atoms with Gasteiger partial charge in [-0.05, 0) is 37.0 Å². The van der Waals surface area contributed by atoms with E-state index in [9.17, 15) is 0 Å². The van der Waals surface area contributed by atoms with Gasteiger partial charge in [0, 0.05) is 10.5 Å². The number of rotatable bonds is 1. The summed E-state index contributed by atoms with van der Waals surface area (Å²) in [5.41, 5.74) is 8.22. The molecule has 2 N–H and O–H groups in total. The van der Waals surface area contributed by atoms with Crippen LogP contribution in [-0.4, -0.2) is 9.55 Å². The predicted octanol–water partition coefficient (Wildman–Crippen LogP) is 3.74. The summed E-state index contributed by atoms with van der Waals surface area (Å²) in [7, 11) is 0. The molecule has 2 atom stereocenters. The molecular formula is C13H16BrN3. The maximum Gasteiger partial charge on any atom is 0.201 e. The second-order valence-corrected chi connectivity index (χ2v) is 5.86. The van der Waals surface area contributed by atoms with Gasteiger partial charge in [-0.25, -0.2) is 4.98 Å². The van der Waals surface area contributed by atoms with Gasteiger partial charge in [-0.2, -0.15) is 0 Å². The molecule has 1 aliphatic carbocycles. The van der Waals surface area contributed by atoms with E-state index >= 15 is 0 Å². The van der Waals surface area contributed by atoms with Crippen LogP contribution in [0.5, 0.6) is 0 Å². The Hall–Kier alpha value is -1.03. The highest BCUT2D eigenvalue weighted by Gasteiger charge is 2.27. The van der Waals surface area contributed by atoms with E-state index in [1.54, 1.807) is 0 Å². The van der Waals surface area contributed by atoms with Gasteiger partial charge in [-0.15, -0.1) is 0 Å². The van der Waals surface area contributed by atoms with Crippen LogP contribution < -0.4 is 5.73 Å². The Kier molecular flexibility index (Phi) is 2.62. The molecule has 90 valence electrons. The first-order valence-corrected chi connectivity index (χ1v) is 6.89. The minimum atomic E-state index is 0.509. The first kappa shape index (κ1) is 11.1. The topological polar surface area (TPSA) is 43.8 Å². The molecule has 17 heavy (non-hydrogen) atoms. The molecule has 1 saturated carbocycles. The lowest BCUT2D eigenvalue weighted by molar-refractivity contribution is 0.421. The summed E-state index contributed by atoms with van der Waals surface area (Å²) < 4.78 is 3.30. The number of aromatic nitrogens is 2. The van der Waals surface area contributed by atoms with Crippen molar-refractivity contribution in [1.82, 2.24) is 9.55 Å². The second-order valence-electron chi connectivity index (χ2n) is 4.95. The molecule has 1 aromatic carbocycles. The zero-order valence-electron chi connectivity index (χ0n) is 9.86. The van der Waals surface area contributed by atoms with Gasteiger partial charge in [-0.3, -0.25) is 0 Å². The summed E-state index contributed by atoms with van der Waals surface area (Å²) in [6.07, 6.45) is 3.79. The van der Waals surface area contributed by atoms with E-state index in [1.807, 2.05) is 12.1 Å². The van der Waals surface area contributed by atoms with Crippen LogP contribution in [0.25, 0.3) is 11.0 Å². The minimum Gasteiger partial charge on any atom is -0.369 e. The molecule has 0 aliphatic heterocycles. The largest absolute Gasteiger partial charge is 0.369 e. The zero-order chi connectivity index (χ0) is 12.0. The van der Waals surface area contributed by atoms with E-state index in [1.165, 1.54) is 19.3 Å². The Labute approximate surface area is 109 Å². The third-order valence-corrected chi connectivity index (χ3v) is 4.32. The smallest absolute Gasteiger partial charge is 0.201 e. The van der Waals surface area contributed by atoms with Gasteiger partial charge in [0.15, 0.2) is 0 Å². The molecule has 3 nitrogen and oxygen atoms in total. The number of nitrogen functional groups attached to an aromatic ring is 1. The van der Waals surface area contributed by atoms with Crippen molar-refractivity contribution in [2.24, 2.45) is 5.92 Å². The van der Waals surface area contributed by atoms with Crippen molar-refractivity contribution >= 4 is 32.9 Å². The minimum absolute atomic E-state index is 0.509. The van der Waals surface area contributed by atoms with E-state index in [0.717, 1.165) is 15.5 Å². The monoisotopic (exact) mass is 293 g/mol. The molecule has 0 bridgehead atoms. The third kappa shape index (κ3) is 1.75. The molecule has 0 radical (unpaired) electrons. The average Bonchev–Trinajstić information content (AvgIpc) is 2.81. The highest BCUT2D eigenvalue weighted by molar-refractivity contribution is 9.10. The molecule has 4 heteroatoms. The van der Waals surface area contributed by atoms with Crippen LogP contribution in [0.1, 0.15) is 32.2 Å². The number of imidazole rings is 1. The van der Waals surface area contributed by atoms with Gasteiger partial charge in [0.2, 0.25) is 5.95 Å². The van der Waals surface area contributed by atoms with Crippen molar-refractivity contribution in [1.29, 1.82) is 0 Å². The Bertz CT molecular complexity index is 561. The number of fused-ring (bicyclic) bond motifs is 1. The fraction of sp³-hybridized carbons (Fsp3) is 0.462. The Morgan fingerprint density at radius 3 is 2.94 bits per heavy atom. The van der Waals surface area contributed by atoms with Crippen LogP contribution in [0.3, 0.4) is 0 Å². The van der Waals surface area contributed by atoms with Crippen LogP contribution in [0.4, 0.5) is 5.95 Å². The van der Waals surface area contributed by atoms with Crippen molar-refractivity contribution in [2.45, 2.75) is 32.2 Å². The van der Waals surface area contributed by atoms with E-state index in [0.29, 0.717) is 17.9 Å². The molecule has 2 aromatic rings. The predicted molar refractivity (Wildman–Crippen MR) is 73.9 cm³/mol. The van der Waals surface area contributed by atoms with Crippen molar-refractivity contribution in [3.05, 3.63) is 22.7 Å². The van der Waals surface area contributed by atoms with Crippen molar-refractivity contribution < 1.29 is 0 Å². The molecule has 0 amide bonds. The average molecular weight is 294 g/mol. The van der Waals surface area contributed by atoms with E-state index < -0.39 is 0 Å². The number of nitrogens with zero attached hydrogens (tertiary/aromatic N) is 2. The van der Waals surface area contributed by atoms with E-state index in [4.69, 9.17) is 5.73 Å². The Morgan fingerprint density at radius 2 is 2.24 bits per heavy atom. The normalized spacial score (nSPS) is 24.6. The Balaban J connectivity index is 2.20. The van der Waals surface area contributed by atoms with Gasteiger partial charge in [0.05, 0.1) is 11.0 Å². The molecule has 3 rings (SSSR count). The molecule has 1 aromatic heterocycles. The molecule has 0 saturated heterocycles. The number of hydrogen-bond donors (Lipinski definition) is 1. The number of benzene rings is 1. The van der Waals surface area contributed by atoms with Crippen LogP contribution >= 0.6 is 15.9 Å². The van der Waals surface area contributed by atoms with Gasteiger partial charge in [0.25, 0.3) is 0 Å². The number of anilines is 1. The summed E-state index contributed by atoms with van der Waals surface area (Å²) >= 11 is 3.52. The number of nitrogens with two attached hydrogens (primary N) is 1. The summed E-state index contributed by atoms with van der Waals surface area (Å²) in [5, 5.41) is 0. The maximum absolute atomic E-state index is 6.08. The molecule has 2 unspecified atom stereocenters. The lowest BCUT2D eigenvalue weighted by atomic mass is 10.1. The summed E-state index contributed by atoms with van der Waals surface area (Å²) in [6.45, 7) is 2.31. The van der Waals surface area contributed by atoms with Gasteiger partial charge >= 0.3 is 0 Å². The van der Waals surface area contributed by atoms with Crippen LogP contribution in [0, 0.1) is 5.92 Å². The standard InChI is InChI=1S/C13H16BrN3/c1-8-3-2-4-11(8)17-12-7-9(14)5-6-10(12)16-13(17)15/h5-8,11H,2-4H2,1H3,(H2,15,16). The summed E-state index contributed by atoms with van der Waals surface area (Å²) in [4.78, 5) is 4.45. The highest BCUT2D eigenvalue weighted by atomic mass is 79.9. The number of hydrogen-bond acceptors (Lipinski definition) is 2. The van der Waals surface area contributed by atoms with Gasteiger partial charge in [0.1, 0.15) is 0 Å². The molecular weight excluding hydrogens is 278 g/mol. The summed E-state index contributed by atoms with van der Waals surface area (Å²) in [5.74, 6) is 1.34. The van der Waals surface area contributed by atoms with E-state index in [2.05, 4.69) is 38.5 Å². The van der Waals surface area contributed by atoms with Crippen molar-refractivity contribution in [3.63, 3.8) is 0 Å². The molecule has 1 heterocycles. The quantitative estimate of drug-likeness (QED) is 0.870. The second kappa shape index (κ2) is 4.02. The fourth-order valence-corrected chi connectivity index (χ4v) is 3.29. The Morgan fingerprint density at radius 1 is 1.41 bits per heavy atom. The van der Waals surface area contributed by atoms with Gasteiger partial charge in [-0.1, -0.05) is 29.3 Å². The third-order valence-electron chi connectivity index (χ3n) is 3.83. The first-order chi connectivity index (χ1) is 8.16. The summed E-state index contributed by atoms with van der Waals surface area (Å²) in [6, 6.07) is 6.65. The van der Waals surface area contributed by atoms with Crippen molar-refractivity contribution in [2.75, 3.05) is 5.73 Å². The lowest BCUT2D eigenvalue weighted by Crippen LogP contribution is -2.14. The van der Waals surface area contributed by atoms with Crippen LogP contribution in [-0.2, 0) is 0 Å². The maximum atomic E-state index is 6.08. The zero-order valence-corrected chi connectivity index (χ0v) is 11.4. The highest BCUT2D eigenvalue weighted by Crippen LogP contribution is 2.39. The molecule has 0 spiro atoms. The molecule has 1 fully saturated rings. The fourth-order valence-electron chi connectivity index (χ4n) is 2.94.